The lowest BCUT2D eigenvalue weighted by atomic mass is 10.2. The fourth-order valence-corrected chi connectivity index (χ4v) is 1.85. The fourth-order valence-electron chi connectivity index (χ4n) is 1.85. The normalized spacial score (nSPS) is 10.0. The van der Waals surface area contributed by atoms with Crippen LogP contribution in [0, 0.1) is 0 Å². The molecule has 0 aliphatic rings. The molecule has 8 nitrogen and oxygen atoms in total. The van der Waals surface area contributed by atoms with Crippen molar-refractivity contribution in [2.45, 2.75) is 6.92 Å². The van der Waals surface area contributed by atoms with Gasteiger partial charge in [0.1, 0.15) is 0 Å². The molecule has 0 unspecified atom stereocenters. The van der Waals surface area contributed by atoms with Crippen molar-refractivity contribution < 1.29 is 29.3 Å². The predicted octanol–water partition coefficient (Wildman–Crippen LogP) is -0.385. The highest BCUT2D eigenvalue weighted by atomic mass is 16.5. The molecule has 1 aromatic rings. The second kappa shape index (κ2) is 9.54. The highest BCUT2D eigenvalue weighted by Gasteiger charge is 2.23. The Kier molecular flexibility index (Phi) is 7.72. The van der Waals surface area contributed by atoms with Gasteiger partial charge in [-0.15, -0.1) is 0 Å². The van der Waals surface area contributed by atoms with E-state index in [1.54, 1.807) is 19.1 Å². The van der Waals surface area contributed by atoms with Crippen molar-refractivity contribution >= 4 is 23.5 Å². The van der Waals surface area contributed by atoms with E-state index in [1.807, 2.05) is 0 Å². The van der Waals surface area contributed by atoms with Gasteiger partial charge in [-0.05, 0) is 19.1 Å². The van der Waals surface area contributed by atoms with Gasteiger partial charge in [0.2, 0.25) is 0 Å². The smallest absolute Gasteiger partial charge is 0.340 e. The standard InChI is InChI=1S/C15H20N2O6/c1-2-23-15(22)11-5-3-4-6-12(11)16-13(20)14(21)17(7-9-18)8-10-19/h3-6,18-19H,2,7-10H2,1H3,(H,16,20). The van der Waals surface area contributed by atoms with Crippen molar-refractivity contribution in [2.24, 2.45) is 0 Å². The summed E-state index contributed by atoms with van der Waals surface area (Å²) in [5.41, 5.74) is 0.281. The van der Waals surface area contributed by atoms with Gasteiger partial charge >= 0.3 is 17.8 Å². The summed E-state index contributed by atoms with van der Waals surface area (Å²) in [6.07, 6.45) is 0. The van der Waals surface area contributed by atoms with E-state index in [4.69, 9.17) is 14.9 Å². The van der Waals surface area contributed by atoms with Gasteiger partial charge in [-0.1, -0.05) is 12.1 Å². The Balaban J connectivity index is 2.88. The second-order valence-corrected chi connectivity index (χ2v) is 4.46. The number of amides is 2. The number of esters is 1. The minimum atomic E-state index is -0.969. The highest BCUT2D eigenvalue weighted by molar-refractivity contribution is 6.39. The predicted molar refractivity (Wildman–Crippen MR) is 81.8 cm³/mol. The molecule has 2 amide bonds. The molecular weight excluding hydrogens is 304 g/mol. The molecule has 23 heavy (non-hydrogen) atoms. The average Bonchev–Trinajstić information content (AvgIpc) is 2.54. The highest BCUT2D eigenvalue weighted by Crippen LogP contribution is 2.16. The molecule has 1 aromatic carbocycles. The number of aliphatic hydroxyl groups is 2. The minimum absolute atomic E-state index is 0.0770. The first kappa shape index (κ1) is 18.6. The Morgan fingerprint density at radius 1 is 1.13 bits per heavy atom. The first-order valence-electron chi connectivity index (χ1n) is 7.13. The number of ether oxygens (including phenoxy) is 1. The van der Waals surface area contributed by atoms with Crippen molar-refractivity contribution in [3.63, 3.8) is 0 Å². The Labute approximate surface area is 133 Å². The van der Waals surface area contributed by atoms with Crippen LogP contribution in [-0.2, 0) is 14.3 Å². The number of para-hydroxylation sites is 1. The Morgan fingerprint density at radius 3 is 2.30 bits per heavy atom. The summed E-state index contributed by atoms with van der Waals surface area (Å²) in [4.78, 5) is 36.9. The SMILES string of the molecule is CCOC(=O)c1ccccc1NC(=O)C(=O)N(CCO)CCO. The van der Waals surface area contributed by atoms with Crippen LogP contribution in [0.1, 0.15) is 17.3 Å². The van der Waals surface area contributed by atoms with Gasteiger partial charge in [0.15, 0.2) is 0 Å². The summed E-state index contributed by atoms with van der Waals surface area (Å²) >= 11 is 0. The number of nitrogens with one attached hydrogen (secondary N) is 1. The molecule has 8 heteroatoms. The lowest BCUT2D eigenvalue weighted by Gasteiger charge is -2.20. The number of hydrogen-bond donors (Lipinski definition) is 3. The van der Waals surface area contributed by atoms with E-state index in [2.05, 4.69) is 5.32 Å². The monoisotopic (exact) mass is 324 g/mol. The van der Waals surface area contributed by atoms with E-state index in [-0.39, 0.29) is 44.2 Å². The fraction of sp³-hybridized carbons (Fsp3) is 0.400. The van der Waals surface area contributed by atoms with Crippen LogP contribution in [0.5, 0.6) is 0 Å². The lowest BCUT2D eigenvalue weighted by Crippen LogP contribution is -2.42. The van der Waals surface area contributed by atoms with Gasteiger partial charge in [-0.25, -0.2) is 4.79 Å². The van der Waals surface area contributed by atoms with E-state index < -0.39 is 17.8 Å². The molecule has 0 aromatic heterocycles. The minimum Gasteiger partial charge on any atom is -0.462 e. The molecule has 126 valence electrons. The molecule has 0 atom stereocenters. The van der Waals surface area contributed by atoms with Gasteiger partial charge in [0, 0.05) is 13.1 Å². The third-order valence-corrected chi connectivity index (χ3v) is 2.89. The number of anilines is 1. The summed E-state index contributed by atoms with van der Waals surface area (Å²) in [6, 6.07) is 6.15. The molecule has 0 heterocycles. The number of rotatable bonds is 7. The van der Waals surface area contributed by atoms with Gasteiger partial charge < -0.3 is 25.2 Å². The van der Waals surface area contributed by atoms with Crippen molar-refractivity contribution in [3.05, 3.63) is 29.8 Å². The summed E-state index contributed by atoms with van der Waals surface area (Å²) in [7, 11) is 0. The number of nitrogens with zero attached hydrogens (tertiary/aromatic N) is 1. The van der Waals surface area contributed by atoms with E-state index in [0.29, 0.717) is 0 Å². The zero-order chi connectivity index (χ0) is 17.2. The molecule has 0 saturated heterocycles. The maximum atomic E-state index is 12.0. The number of carbonyl (C=O) groups is 3. The van der Waals surface area contributed by atoms with E-state index >= 15 is 0 Å². The zero-order valence-corrected chi connectivity index (χ0v) is 12.8. The number of carbonyl (C=O) groups excluding carboxylic acids is 3. The topological polar surface area (TPSA) is 116 Å². The van der Waals surface area contributed by atoms with Crippen LogP contribution >= 0.6 is 0 Å². The van der Waals surface area contributed by atoms with Crippen LogP contribution in [0.2, 0.25) is 0 Å². The quantitative estimate of drug-likeness (QED) is 0.465. The maximum absolute atomic E-state index is 12.0. The van der Waals surface area contributed by atoms with Crippen LogP contribution in [0.25, 0.3) is 0 Å². The van der Waals surface area contributed by atoms with Crippen molar-refractivity contribution in [3.8, 4) is 0 Å². The van der Waals surface area contributed by atoms with Crippen LogP contribution in [0.15, 0.2) is 24.3 Å². The lowest BCUT2D eigenvalue weighted by molar-refractivity contribution is -0.143. The van der Waals surface area contributed by atoms with Gasteiger partial charge in [-0.3, -0.25) is 9.59 Å². The van der Waals surface area contributed by atoms with Crippen molar-refractivity contribution in [2.75, 3.05) is 38.2 Å². The molecule has 0 spiro atoms. The number of benzene rings is 1. The summed E-state index contributed by atoms with van der Waals surface area (Å²) in [5.74, 6) is -2.49. The van der Waals surface area contributed by atoms with Crippen molar-refractivity contribution in [1.82, 2.24) is 4.90 Å². The first-order valence-corrected chi connectivity index (χ1v) is 7.13. The first-order chi connectivity index (χ1) is 11.0. The third kappa shape index (κ3) is 5.35. The molecule has 1 rings (SSSR count). The summed E-state index contributed by atoms with van der Waals surface area (Å²) < 4.78 is 4.88. The summed E-state index contributed by atoms with van der Waals surface area (Å²) in [5, 5.41) is 20.1. The van der Waals surface area contributed by atoms with E-state index in [1.165, 1.54) is 12.1 Å². The van der Waals surface area contributed by atoms with E-state index in [0.717, 1.165) is 4.90 Å². The van der Waals surface area contributed by atoms with Gasteiger partial charge in [-0.2, -0.15) is 0 Å². The third-order valence-electron chi connectivity index (χ3n) is 2.89. The molecule has 0 aliphatic heterocycles. The number of hydrogen-bond acceptors (Lipinski definition) is 6. The van der Waals surface area contributed by atoms with Crippen LogP contribution < -0.4 is 5.32 Å². The molecule has 0 bridgehead atoms. The summed E-state index contributed by atoms with van der Waals surface area (Å²) in [6.45, 7) is 1.01. The molecule has 0 fully saturated rings. The molecule has 0 radical (unpaired) electrons. The van der Waals surface area contributed by atoms with Gasteiger partial charge in [0.25, 0.3) is 0 Å². The zero-order valence-electron chi connectivity index (χ0n) is 12.8. The Bertz CT molecular complexity index is 555. The maximum Gasteiger partial charge on any atom is 0.340 e. The second-order valence-electron chi connectivity index (χ2n) is 4.46. The largest absolute Gasteiger partial charge is 0.462 e. The van der Waals surface area contributed by atoms with Crippen molar-refractivity contribution in [1.29, 1.82) is 0 Å². The molecule has 3 N–H and O–H groups in total. The average molecular weight is 324 g/mol. The number of aliphatic hydroxyl groups excluding tert-OH is 2. The van der Waals surface area contributed by atoms with Gasteiger partial charge in [0.05, 0.1) is 31.1 Å². The molecule has 0 aliphatic carbocycles. The van der Waals surface area contributed by atoms with Crippen LogP contribution in [-0.4, -0.2) is 65.8 Å². The van der Waals surface area contributed by atoms with E-state index in [9.17, 15) is 14.4 Å². The Morgan fingerprint density at radius 2 is 1.74 bits per heavy atom. The molecule has 0 saturated carbocycles. The van der Waals surface area contributed by atoms with Crippen LogP contribution in [0.4, 0.5) is 5.69 Å². The molecular formula is C15H20N2O6. The Hall–Kier alpha value is -2.45. The van der Waals surface area contributed by atoms with Crippen LogP contribution in [0.3, 0.4) is 0 Å².